The van der Waals surface area contributed by atoms with Gasteiger partial charge in [0.2, 0.25) is 5.88 Å². The van der Waals surface area contributed by atoms with Crippen molar-refractivity contribution in [1.29, 1.82) is 0 Å². The Kier molecular flexibility index (Phi) is 2.60. The highest BCUT2D eigenvalue weighted by Gasteiger charge is 2.44. The lowest BCUT2D eigenvalue weighted by Crippen LogP contribution is -2.15. The molecule has 2 N–H and O–H groups in total. The molecule has 0 aromatic carbocycles. The van der Waals surface area contributed by atoms with Gasteiger partial charge in [-0.05, 0) is 19.8 Å². The molecular weight excluding hydrogens is 260 g/mol. The fraction of sp³-hybridized carbons (Fsp3) is 0.462. The molecule has 3 rings (SSSR count). The Morgan fingerprint density at radius 1 is 1.40 bits per heavy atom. The topological polar surface area (TPSA) is 92.3 Å². The van der Waals surface area contributed by atoms with Crippen LogP contribution in [0.25, 0.3) is 11.0 Å². The van der Waals surface area contributed by atoms with Gasteiger partial charge in [0.25, 0.3) is 0 Å². The molecule has 1 fully saturated rings. The van der Waals surface area contributed by atoms with E-state index in [1.807, 2.05) is 4.57 Å². The number of anilines is 1. The molecule has 0 aliphatic heterocycles. The number of nitrogen functional groups attached to an aromatic ring is 1. The lowest BCUT2D eigenvalue weighted by atomic mass is 10.2. The van der Waals surface area contributed by atoms with E-state index in [1.54, 1.807) is 0 Å². The van der Waals surface area contributed by atoms with Crippen LogP contribution in [-0.4, -0.2) is 34.7 Å². The second kappa shape index (κ2) is 4.09. The number of carbonyl (C=O) groups excluding carboxylic acids is 1. The van der Waals surface area contributed by atoms with E-state index in [2.05, 4.69) is 16.9 Å². The molecule has 0 saturated heterocycles. The van der Waals surface area contributed by atoms with Crippen molar-refractivity contribution in [3.63, 3.8) is 0 Å². The molecule has 7 nitrogen and oxygen atoms in total. The van der Waals surface area contributed by atoms with Crippen molar-refractivity contribution in [2.45, 2.75) is 25.3 Å². The SMILES string of the molecule is COC(=O)c1c(OC)n(C2(C)CC2)c2ncnc(N)c12. The molecule has 0 radical (unpaired) electrons. The van der Waals surface area contributed by atoms with Gasteiger partial charge in [-0.15, -0.1) is 0 Å². The van der Waals surface area contributed by atoms with E-state index < -0.39 is 5.97 Å². The first kappa shape index (κ1) is 12.7. The van der Waals surface area contributed by atoms with Crippen LogP contribution in [0, 0.1) is 0 Å². The number of fused-ring (bicyclic) bond motifs is 1. The number of esters is 1. The normalized spacial score (nSPS) is 16.1. The molecule has 1 aliphatic carbocycles. The van der Waals surface area contributed by atoms with Crippen LogP contribution in [0.4, 0.5) is 5.82 Å². The van der Waals surface area contributed by atoms with E-state index in [0.717, 1.165) is 12.8 Å². The minimum atomic E-state index is -0.503. The van der Waals surface area contributed by atoms with Crippen molar-refractivity contribution in [1.82, 2.24) is 14.5 Å². The highest BCUT2D eigenvalue weighted by Crippen LogP contribution is 2.49. The van der Waals surface area contributed by atoms with Crippen LogP contribution in [0.15, 0.2) is 6.33 Å². The first-order chi connectivity index (χ1) is 9.53. The predicted molar refractivity (Wildman–Crippen MR) is 72.7 cm³/mol. The summed E-state index contributed by atoms with van der Waals surface area (Å²) >= 11 is 0. The van der Waals surface area contributed by atoms with Crippen LogP contribution in [0.1, 0.15) is 30.1 Å². The van der Waals surface area contributed by atoms with E-state index in [-0.39, 0.29) is 16.9 Å². The fourth-order valence-electron chi connectivity index (χ4n) is 2.50. The average Bonchev–Trinajstić information content (AvgIpc) is 3.07. The Bertz CT molecular complexity index is 703. The summed E-state index contributed by atoms with van der Waals surface area (Å²) in [5.41, 5.74) is 6.72. The molecule has 106 valence electrons. The second-order valence-corrected chi connectivity index (χ2v) is 5.17. The van der Waals surface area contributed by atoms with Gasteiger partial charge in [0, 0.05) is 5.54 Å². The van der Waals surface area contributed by atoms with Gasteiger partial charge < -0.3 is 15.2 Å². The van der Waals surface area contributed by atoms with Crippen LogP contribution in [0.3, 0.4) is 0 Å². The number of rotatable bonds is 3. The van der Waals surface area contributed by atoms with Crippen LogP contribution < -0.4 is 10.5 Å². The van der Waals surface area contributed by atoms with E-state index in [1.165, 1.54) is 20.5 Å². The number of aromatic nitrogens is 3. The molecule has 0 spiro atoms. The third-order valence-electron chi connectivity index (χ3n) is 3.83. The number of hydrogen-bond donors (Lipinski definition) is 1. The van der Waals surface area contributed by atoms with Gasteiger partial charge in [0.15, 0.2) is 0 Å². The second-order valence-electron chi connectivity index (χ2n) is 5.17. The smallest absolute Gasteiger partial charge is 0.344 e. The quantitative estimate of drug-likeness (QED) is 0.850. The molecular formula is C13H16N4O3. The average molecular weight is 276 g/mol. The molecule has 0 bridgehead atoms. The Morgan fingerprint density at radius 3 is 2.65 bits per heavy atom. The lowest BCUT2D eigenvalue weighted by Gasteiger charge is -2.15. The maximum absolute atomic E-state index is 12.1. The molecule has 2 heterocycles. The van der Waals surface area contributed by atoms with E-state index >= 15 is 0 Å². The first-order valence-electron chi connectivity index (χ1n) is 6.31. The molecule has 7 heteroatoms. The van der Waals surface area contributed by atoms with E-state index in [0.29, 0.717) is 16.9 Å². The Hall–Kier alpha value is -2.31. The van der Waals surface area contributed by atoms with Crippen LogP contribution in [0.5, 0.6) is 5.88 Å². The van der Waals surface area contributed by atoms with Crippen LogP contribution in [0.2, 0.25) is 0 Å². The summed E-state index contributed by atoms with van der Waals surface area (Å²) in [6.45, 7) is 2.09. The third-order valence-corrected chi connectivity index (χ3v) is 3.83. The van der Waals surface area contributed by atoms with E-state index in [4.69, 9.17) is 15.2 Å². The number of nitrogens with zero attached hydrogens (tertiary/aromatic N) is 3. The molecule has 2 aromatic heterocycles. The van der Waals surface area contributed by atoms with Gasteiger partial charge in [-0.1, -0.05) is 0 Å². The van der Waals surface area contributed by atoms with Gasteiger partial charge in [-0.2, -0.15) is 0 Å². The predicted octanol–water partition coefficient (Wildman–Crippen LogP) is 1.32. The zero-order valence-electron chi connectivity index (χ0n) is 11.6. The number of hydrogen-bond acceptors (Lipinski definition) is 6. The molecule has 1 aliphatic rings. The summed E-state index contributed by atoms with van der Waals surface area (Å²) < 4.78 is 12.2. The molecule has 0 amide bonds. The minimum Gasteiger partial charge on any atom is -0.481 e. The van der Waals surface area contributed by atoms with Crippen molar-refractivity contribution in [3.8, 4) is 5.88 Å². The lowest BCUT2D eigenvalue weighted by molar-refractivity contribution is 0.0598. The van der Waals surface area contributed by atoms with Gasteiger partial charge in [-0.3, -0.25) is 4.57 Å². The number of methoxy groups -OCH3 is 2. The molecule has 1 saturated carbocycles. The summed E-state index contributed by atoms with van der Waals surface area (Å²) in [6.07, 6.45) is 3.38. The van der Waals surface area contributed by atoms with Gasteiger partial charge in [0.1, 0.15) is 23.4 Å². The fourth-order valence-corrected chi connectivity index (χ4v) is 2.50. The van der Waals surface area contributed by atoms with Crippen LogP contribution in [-0.2, 0) is 10.3 Å². The van der Waals surface area contributed by atoms with Crippen molar-refractivity contribution < 1.29 is 14.3 Å². The third kappa shape index (κ3) is 1.55. The first-order valence-corrected chi connectivity index (χ1v) is 6.31. The Labute approximate surface area is 115 Å². The zero-order chi connectivity index (χ0) is 14.5. The number of nitrogens with two attached hydrogens (primary N) is 1. The Morgan fingerprint density at radius 2 is 2.10 bits per heavy atom. The zero-order valence-corrected chi connectivity index (χ0v) is 11.6. The molecule has 2 aromatic rings. The highest BCUT2D eigenvalue weighted by molar-refractivity contribution is 6.10. The standard InChI is InChI=1S/C13H16N4O3/c1-13(4-5-13)17-10-7(9(14)15-6-16-10)8(11(17)19-2)12(18)20-3/h6H,4-5H2,1-3H3,(H2,14,15,16). The van der Waals surface area contributed by atoms with Gasteiger partial charge >= 0.3 is 5.97 Å². The summed E-state index contributed by atoms with van der Waals surface area (Å²) in [5.74, 6) is 0.173. The van der Waals surface area contributed by atoms with Crippen molar-refractivity contribution in [2.24, 2.45) is 0 Å². The van der Waals surface area contributed by atoms with Crippen molar-refractivity contribution in [2.75, 3.05) is 20.0 Å². The molecule has 20 heavy (non-hydrogen) atoms. The number of carbonyl (C=O) groups is 1. The van der Waals surface area contributed by atoms with Gasteiger partial charge in [0.05, 0.1) is 19.6 Å². The summed E-state index contributed by atoms with van der Waals surface area (Å²) in [5, 5.41) is 0.490. The largest absolute Gasteiger partial charge is 0.481 e. The highest BCUT2D eigenvalue weighted by atomic mass is 16.5. The molecule has 0 atom stereocenters. The Balaban J connectivity index is 2.44. The van der Waals surface area contributed by atoms with Crippen molar-refractivity contribution in [3.05, 3.63) is 11.9 Å². The summed E-state index contributed by atoms with van der Waals surface area (Å²) in [6, 6.07) is 0. The maximum Gasteiger partial charge on any atom is 0.344 e. The maximum atomic E-state index is 12.1. The number of ether oxygens (including phenoxy) is 2. The van der Waals surface area contributed by atoms with E-state index in [9.17, 15) is 4.79 Å². The monoisotopic (exact) mass is 276 g/mol. The van der Waals surface area contributed by atoms with Gasteiger partial charge in [-0.25, -0.2) is 14.8 Å². The summed E-state index contributed by atoms with van der Waals surface area (Å²) in [7, 11) is 2.84. The minimum absolute atomic E-state index is 0.101. The summed E-state index contributed by atoms with van der Waals surface area (Å²) in [4.78, 5) is 20.3. The van der Waals surface area contributed by atoms with Crippen LogP contribution >= 0.6 is 0 Å². The van der Waals surface area contributed by atoms with Crippen molar-refractivity contribution >= 4 is 22.8 Å². The molecule has 0 unspecified atom stereocenters.